The Labute approximate surface area is 125 Å². The molecule has 1 atom stereocenters. The molecular formula is C18H21NO2. The Balaban J connectivity index is 2.03. The summed E-state index contributed by atoms with van der Waals surface area (Å²) in [5, 5.41) is 0. The minimum Gasteiger partial charge on any atom is -0.496 e. The molecule has 0 saturated carbocycles. The Morgan fingerprint density at radius 1 is 1.10 bits per heavy atom. The number of benzene rings is 2. The lowest BCUT2D eigenvalue weighted by molar-refractivity contribution is 0.0974. The summed E-state index contributed by atoms with van der Waals surface area (Å²) in [6.07, 6.45) is 1.22. The van der Waals surface area contributed by atoms with Crippen molar-refractivity contribution < 1.29 is 9.53 Å². The van der Waals surface area contributed by atoms with Crippen LogP contribution in [0.4, 0.5) is 0 Å². The van der Waals surface area contributed by atoms with Gasteiger partial charge in [0.1, 0.15) is 5.75 Å². The molecule has 2 N–H and O–H groups in total. The maximum atomic E-state index is 12.4. The van der Waals surface area contributed by atoms with E-state index in [1.54, 1.807) is 13.2 Å². The molecule has 3 nitrogen and oxygen atoms in total. The van der Waals surface area contributed by atoms with E-state index < -0.39 is 0 Å². The minimum atomic E-state index is 0.0989. The molecule has 0 saturated heterocycles. The third-order valence-electron chi connectivity index (χ3n) is 3.68. The number of ketones is 1. The Hall–Kier alpha value is -2.13. The first-order chi connectivity index (χ1) is 10.3. The first-order valence-corrected chi connectivity index (χ1v) is 7.17. The van der Waals surface area contributed by atoms with Gasteiger partial charge in [-0.25, -0.2) is 0 Å². The Bertz CT molecular complexity index is 581. The fourth-order valence-electron chi connectivity index (χ4n) is 2.46. The van der Waals surface area contributed by atoms with Crippen molar-refractivity contribution in [3.8, 4) is 5.75 Å². The number of nitrogens with two attached hydrogens (primary N) is 1. The number of para-hydroxylation sites is 1. The van der Waals surface area contributed by atoms with Crippen molar-refractivity contribution in [3.63, 3.8) is 0 Å². The van der Waals surface area contributed by atoms with E-state index in [-0.39, 0.29) is 11.7 Å². The van der Waals surface area contributed by atoms with E-state index >= 15 is 0 Å². The number of hydrogen-bond acceptors (Lipinski definition) is 3. The first-order valence-electron chi connectivity index (χ1n) is 7.17. The third kappa shape index (κ3) is 3.92. The van der Waals surface area contributed by atoms with Crippen LogP contribution < -0.4 is 10.5 Å². The highest BCUT2D eigenvalue weighted by molar-refractivity contribution is 5.98. The summed E-state index contributed by atoms with van der Waals surface area (Å²) in [6, 6.07) is 17.4. The highest BCUT2D eigenvalue weighted by Crippen LogP contribution is 2.24. The van der Waals surface area contributed by atoms with Gasteiger partial charge in [-0.15, -0.1) is 0 Å². The van der Waals surface area contributed by atoms with Gasteiger partial charge in [0.05, 0.1) is 12.7 Å². The summed E-state index contributed by atoms with van der Waals surface area (Å²) in [5.74, 6) is 0.943. The van der Waals surface area contributed by atoms with Crippen LogP contribution in [0.3, 0.4) is 0 Å². The summed E-state index contributed by atoms with van der Waals surface area (Å²) in [5.41, 5.74) is 7.68. The van der Waals surface area contributed by atoms with Crippen molar-refractivity contribution in [1.82, 2.24) is 0 Å². The monoisotopic (exact) mass is 283 g/mol. The van der Waals surface area contributed by atoms with Crippen molar-refractivity contribution in [2.45, 2.75) is 18.8 Å². The summed E-state index contributed by atoms with van der Waals surface area (Å²) in [6.45, 7) is 0.545. The molecule has 0 fully saturated rings. The molecule has 0 radical (unpaired) electrons. The summed E-state index contributed by atoms with van der Waals surface area (Å²) >= 11 is 0. The molecule has 110 valence electrons. The van der Waals surface area contributed by atoms with Gasteiger partial charge in [-0.3, -0.25) is 4.79 Å². The number of rotatable bonds is 7. The van der Waals surface area contributed by atoms with Crippen LogP contribution >= 0.6 is 0 Å². The number of Topliss-reactive ketones (excluding diaryl/α,β-unsaturated/α-hetero) is 1. The molecule has 0 aromatic heterocycles. The van der Waals surface area contributed by atoms with Crippen molar-refractivity contribution in [3.05, 3.63) is 65.7 Å². The van der Waals surface area contributed by atoms with Gasteiger partial charge in [0.15, 0.2) is 5.78 Å². The molecule has 2 aromatic carbocycles. The average Bonchev–Trinajstić information content (AvgIpc) is 2.56. The minimum absolute atomic E-state index is 0.0989. The maximum Gasteiger partial charge on any atom is 0.166 e. The predicted molar refractivity (Wildman–Crippen MR) is 84.8 cm³/mol. The van der Waals surface area contributed by atoms with Crippen LogP contribution in [0, 0.1) is 0 Å². The fraction of sp³-hybridized carbons (Fsp3) is 0.278. The van der Waals surface area contributed by atoms with Crippen LogP contribution in [0.2, 0.25) is 0 Å². The first kappa shape index (κ1) is 15.3. The summed E-state index contributed by atoms with van der Waals surface area (Å²) in [7, 11) is 1.58. The molecule has 0 spiro atoms. The predicted octanol–water partition coefficient (Wildman–Crippen LogP) is 3.40. The average molecular weight is 283 g/mol. The van der Waals surface area contributed by atoms with Crippen molar-refractivity contribution in [1.29, 1.82) is 0 Å². The lowest BCUT2D eigenvalue weighted by atomic mass is 9.92. The van der Waals surface area contributed by atoms with Gasteiger partial charge in [0.25, 0.3) is 0 Å². The Morgan fingerprint density at radius 3 is 2.43 bits per heavy atom. The van der Waals surface area contributed by atoms with Gasteiger partial charge >= 0.3 is 0 Å². The van der Waals surface area contributed by atoms with Crippen LogP contribution in [0.5, 0.6) is 5.75 Å². The quantitative estimate of drug-likeness (QED) is 0.792. The Kier molecular flexibility index (Phi) is 5.52. The SMILES string of the molecule is COc1ccccc1C(=O)CC[C@H](CN)c1ccccc1. The van der Waals surface area contributed by atoms with Crippen molar-refractivity contribution in [2.24, 2.45) is 5.73 Å². The van der Waals surface area contributed by atoms with Crippen LogP contribution in [-0.2, 0) is 0 Å². The van der Waals surface area contributed by atoms with Crippen molar-refractivity contribution >= 4 is 5.78 Å². The van der Waals surface area contributed by atoms with Gasteiger partial charge in [-0.05, 0) is 36.6 Å². The van der Waals surface area contributed by atoms with Crippen LogP contribution in [0.1, 0.15) is 34.7 Å². The van der Waals surface area contributed by atoms with E-state index in [0.29, 0.717) is 24.3 Å². The second kappa shape index (κ2) is 7.60. The zero-order valence-electron chi connectivity index (χ0n) is 12.3. The molecule has 0 aliphatic rings. The zero-order chi connectivity index (χ0) is 15.1. The smallest absolute Gasteiger partial charge is 0.166 e. The molecule has 2 aromatic rings. The van der Waals surface area contributed by atoms with Gasteiger partial charge < -0.3 is 10.5 Å². The molecular weight excluding hydrogens is 262 g/mol. The zero-order valence-corrected chi connectivity index (χ0v) is 12.3. The van der Waals surface area contributed by atoms with E-state index in [9.17, 15) is 4.79 Å². The maximum absolute atomic E-state index is 12.4. The number of carbonyl (C=O) groups is 1. The fourth-order valence-corrected chi connectivity index (χ4v) is 2.46. The molecule has 0 aliphatic carbocycles. The highest BCUT2D eigenvalue weighted by atomic mass is 16.5. The molecule has 2 rings (SSSR count). The third-order valence-corrected chi connectivity index (χ3v) is 3.68. The van der Waals surface area contributed by atoms with Gasteiger partial charge in [-0.1, -0.05) is 42.5 Å². The largest absolute Gasteiger partial charge is 0.496 e. The van der Waals surface area contributed by atoms with E-state index in [1.807, 2.05) is 36.4 Å². The van der Waals surface area contributed by atoms with Crippen LogP contribution in [0.15, 0.2) is 54.6 Å². The normalized spacial score (nSPS) is 11.9. The number of methoxy groups -OCH3 is 1. The summed E-state index contributed by atoms with van der Waals surface area (Å²) < 4.78 is 5.24. The molecule has 0 bridgehead atoms. The number of carbonyl (C=O) groups excluding carboxylic acids is 1. The van der Waals surface area contributed by atoms with E-state index in [1.165, 1.54) is 5.56 Å². The molecule has 3 heteroatoms. The van der Waals surface area contributed by atoms with Crippen LogP contribution in [0.25, 0.3) is 0 Å². The topological polar surface area (TPSA) is 52.3 Å². The van der Waals surface area contributed by atoms with Crippen LogP contribution in [-0.4, -0.2) is 19.4 Å². The lowest BCUT2D eigenvalue weighted by Gasteiger charge is -2.15. The summed E-state index contributed by atoms with van der Waals surface area (Å²) in [4.78, 5) is 12.4. The van der Waals surface area contributed by atoms with E-state index in [2.05, 4.69) is 12.1 Å². The molecule has 0 heterocycles. The Morgan fingerprint density at radius 2 is 1.76 bits per heavy atom. The molecule has 21 heavy (non-hydrogen) atoms. The van der Waals surface area contributed by atoms with E-state index in [4.69, 9.17) is 10.5 Å². The lowest BCUT2D eigenvalue weighted by Crippen LogP contribution is -2.14. The molecule has 0 unspecified atom stereocenters. The highest BCUT2D eigenvalue weighted by Gasteiger charge is 2.15. The standard InChI is InChI=1S/C18H21NO2/c1-21-18-10-6-5-9-16(18)17(20)12-11-15(13-19)14-7-3-2-4-8-14/h2-10,15H,11-13,19H2,1H3/t15-/m1/s1. The second-order valence-corrected chi connectivity index (χ2v) is 5.01. The number of ether oxygens (including phenoxy) is 1. The van der Waals surface area contributed by atoms with Gasteiger partial charge in [0.2, 0.25) is 0 Å². The molecule has 0 aliphatic heterocycles. The molecule has 0 amide bonds. The van der Waals surface area contributed by atoms with Gasteiger partial charge in [0, 0.05) is 6.42 Å². The number of hydrogen-bond donors (Lipinski definition) is 1. The van der Waals surface area contributed by atoms with E-state index in [0.717, 1.165) is 6.42 Å². The second-order valence-electron chi connectivity index (χ2n) is 5.01. The van der Waals surface area contributed by atoms with Crippen molar-refractivity contribution in [2.75, 3.05) is 13.7 Å². The van der Waals surface area contributed by atoms with Gasteiger partial charge in [-0.2, -0.15) is 0 Å².